The monoisotopic (exact) mass is 235 g/mol. The molecular formula is C9H8Cl3N. The van der Waals surface area contributed by atoms with E-state index in [-0.39, 0.29) is 0 Å². The van der Waals surface area contributed by atoms with E-state index in [0.717, 1.165) is 0 Å². The Balaban J connectivity index is 3.28. The molecule has 0 fully saturated rings. The molecule has 0 heterocycles. The van der Waals surface area contributed by atoms with Crippen LogP contribution in [-0.2, 0) is 0 Å². The van der Waals surface area contributed by atoms with E-state index in [1.165, 1.54) is 0 Å². The van der Waals surface area contributed by atoms with Gasteiger partial charge in [-0.2, -0.15) is 0 Å². The highest BCUT2D eigenvalue weighted by Gasteiger charge is 2.09. The van der Waals surface area contributed by atoms with Crippen molar-refractivity contribution in [1.82, 2.24) is 5.32 Å². The second-order valence-electron chi connectivity index (χ2n) is 2.47. The molecule has 0 aliphatic carbocycles. The lowest BCUT2D eigenvalue weighted by Gasteiger charge is -2.09. The van der Waals surface area contributed by atoms with Crippen LogP contribution in [0.3, 0.4) is 0 Å². The van der Waals surface area contributed by atoms with E-state index >= 15 is 0 Å². The molecule has 4 heteroatoms. The lowest BCUT2D eigenvalue weighted by molar-refractivity contribution is 1.13. The minimum absolute atomic E-state index is 0.497. The molecule has 0 aliphatic heterocycles. The first-order valence-electron chi connectivity index (χ1n) is 3.58. The van der Waals surface area contributed by atoms with Crippen molar-refractivity contribution in [2.75, 3.05) is 7.05 Å². The molecule has 1 N–H and O–H groups in total. The van der Waals surface area contributed by atoms with Crippen LogP contribution in [0.1, 0.15) is 5.56 Å². The van der Waals surface area contributed by atoms with Crippen LogP contribution in [-0.4, -0.2) is 7.05 Å². The van der Waals surface area contributed by atoms with Crippen molar-refractivity contribution in [3.63, 3.8) is 0 Å². The fraction of sp³-hybridized carbons (Fsp3) is 0.111. The number of benzene rings is 1. The first-order valence-corrected chi connectivity index (χ1v) is 4.71. The van der Waals surface area contributed by atoms with Gasteiger partial charge in [0.1, 0.15) is 0 Å². The molecule has 1 rings (SSSR count). The molecule has 0 spiro atoms. The van der Waals surface area contributed by atoms with E-state index in [1.807, 2.05) is 0 Å². The normalized spacial score (nSPS) is 9.85. The smallest absolute Gasteiger partial charge is 0.0528 e. The predicted octanol–water partition coefficient (Wildman–Crippen LogP) is 3.84. The number of rotatable bonds is 2. The molecule has 0 aliphatic rings. The summed E-state index contributed by atoms with van der Waals surface area (Å²) in [5, 5.41) is 4.39. The van der Waals surface area contributed by atoms with Gasteiger partial charge in [-0.1, -0.05) is 41.4 Å². The van der Waals surface area contributed by atoms with Gasteiger partial charge in [-0.25, -0.2) is 0 Å². The Morgan fingerprint density at radius 3 is 2.08 bits per heavy atom. The van der Waals surface area contributed by atoms with Crippen molar-refractivity contribution >= 4 is 40.5 Å². The molecule has 0 amide bonds. The zero-order valence-electron chi connectivity index (χ0n) is 7.00. The molecule has 1 nitrogen and oxygen atoms in total. The standard InChI is InChI=1S/C9H8Cl3N/c1-5(13-2)9-7(11)3-6(10)4-8(9)12/h3-4,13H,1H2,2H3. The second-order valence-corrected chi connectivity index (χ2v) is 3.72. The topological polar surface area (TPSA) is 12.0 Å². The Kier molecular flexibility index (Phi) is 3.48. The Morgan fingerprint density at radius 1 is 1.23 bits per heavy atom. The first-order chi connectivity index (χ1) is 6.06. The van der Waals surface area contributed by atoms with Gasteiger partial charge in [-0.3, -0.25) is 0 Å². The molecule has 0 atom stereocenters. The van der Waals surface area contributed by atoms with Crippen LogP contribution in [0, 0.1) is 0 Å². The molecule has 1 aromatic rings. The van der Waals surface area contributed by atoms with Crippen molar-refractivity contribution < 1.29 is 0 Å². The minimum atomic E-state index is 0.497. The zero-order valence-corrected chi connectivity index (χ0v) is 9.26. The van der Waals surface area contributed by atoms with Crippen LogP contribution in [0.5, 0.6) is 0 Å². The molecule has 0 bridgehead atoms. The average Bonchev–Trinajstić information content (AvgIpc) is 2.02. The lowest BCUT2D eigenvalue weighted by atomic mass is 10.2. The van der Waals surface area contributed by atoms with Crippen LogP contribution in [0.25, 0.3) is 5.70 Å². The number of nitrogens with one attached hydrogen (secondary N) is 1. The van der Waals surface area contributed by atoms with Crippen molar-refractivity contribution in [3.8, 4) is 0 Å². The van der Waals surface area contributed by atoms with Gasteiger partial charge in [0.25, 0.3) is 0 Å². The van der Waals surface area contributed by atoms with Crippen LogP contribution in [0.15, 0.2) is 18.7 Å². The number of hydrogen-bond acceptors (Lipinski definition) is 1. The molecule has 0 saturated carbocycles. The van der Waals surface area contributed by atoms with Crippen LogP contribution < -0.4 is 5.32 Å². The van der Waals surface area contributed by atoms with Gasteiger partial charge in [-0.05, 0) is 12.1 Å². The van der Waals surface area contributed by atoms with E-state index in [0.29, 0.717) is 26.3 Å². The van der Waals surface area contributed by atoms with E-state index in [4.69, 9.17) is 34.8 Å². The molecule has 0 radical (unpaired) electrons. The van der Waals surface area contributed by atoms with Crippen molar-refractivity contribution in [1.29, 1.82) is 0 Å². The summed E-state index contributed by atoms with van der Waals surface area (Å²) in [6.07, 6.45) is 0. The van der Waals surface area contributed by atoms with Crippen molar-refractivity contribution in [2.45, 2.75) is 0 Å². The van der Waals surface area contributed by atoms with Crippen molar-refractivity contribution in [3.05, 3.63) is 39.3 Å². The third-order valence-corrected chi connectivity index (χ3v) is 2.42. The molecular weight excluding hydrogens is 228 g/mol. The maximum absolute atomic E-state index is 5.94. The van der Waals surface area contributed by atoms with Gasteiger partial charge in [-0.15, -0.1) is 0 Å². The van der Waals surface area contributed by atoms with E-state index in [9.17, 15) is 0 Å². The van der Waals surface area contributed by atoms with E-state index < -0.39 is 0 Å². The maximum atomic E-state index is 5.94. The van der Waals surface area contributed by atoms with Gasteiger partial charge in [0, 0.05) is 23.3 Å². The summed E-state index contributed by atoms with van der Waals surface area (Å²) in [6, 6.07) is 3.26. The Labute approximate surface area is 92.3 Å². The second kappa shape index (κ2) is 4.23. The maximum Gasteiger partial charge on any atom is 0.0528 e. The third-order valence-electron chi connectivity index (χ3n) is 1.61. The summed E-state index contributed by atoms with van der Waals surface area (Å²) in [6.45, 7) is 3.77. The Morgan fingerprint density at radius 2 is 1.69 bits per heavy atom. The van der Waals surface area contributed by atoms with Crippen molar-refractivity contribution in [2.24, 2.45) is 0 Å². The van der Waals surface area contributed by atoms with Gasteiger partial charge >= 0.3 is 0 Å². The summed E-state index contributed by atoms with van der Waals surface area (Å²) in [7, 11) is 1.75. The fourth-order valence-corrected chi connectivity index (χ4v) is 2.00. The van der Waals surface area contributed by atoms with Crippen LogP contribution >= 0.6 is 34.8 Å². The quantitative estimate of drug-likeness (QED) is 0.823. The van der Waals surface area contributed by atoms with Crippen LogP contribution in [0.4, 0.5) is 0 Å². The van der Waals surface area contributed by atoms with E-state index in [2.05, 4.69) is 11.9 Å². The number of hydrogen-bond donors (Lipinski definition) is 1. The molecule has 13 heavy (non-hydrogen) atoms. The highest BCUT2D eigenvalue weighted by atomic mass is 35.5. The van der Waals surface area contributed by atoms with E-state index in [1.54, 1.807) is 19.2 Å². The Hall–Kier alpha value is -0.370. The highest BCUT2D eigenvalue weighted by Crippen LogP contribution is 2.32. The summed E-state index contributed by atoms with van der Waals surface area (Å²) < 4.78 is 0. The lowest BCUT2D eigenvalue weighted by Crippen LogP contribution is -2.03. The van der Waals surface area contributed by atoms with Gasteiger partial charge in [0.2, 0.25) is 0 Å². The molecule has 0 aromatic heterocycles. The SMILES string of the molecule is C=C(NC)c1c(Cl)cc(Cl)cc1Cl. The summed E-state index contributed by atoms with van der Waals surface area (Å²) >= 11 is 17.6. The van der Waals surface area contributed by atoms with Gasteiger partial charge < -0.3 is 5.32 Å². The summed E-state index contributed by atoms with van der Waals surface area (Å²) in [5.41, 5.74) is 1.36. The molecule has 1 aromatic carbocycles. The molecule has 0 unspecified atom stereocenters. The Bertz CT molecular complexity index is 324. The zero-order chi connectivity index (χ0) is 10.0. The number of halogens is 3. The molecule has 70 valence electrons. The van der Waals surface area contributed by atoms with Crippen LogP contribution in [0.2, 0.25) is 15.1 Å². The predicted molar refractivity (Wildman–Crippen MR) is 59.6 cm³/mol. The van der Waals surface area contributed by atoms with Gasteiger partial charge in [0.05, 0.1) is 10.0 Å². The highest BCUT2D eigenvalue weighted by molar-refractivity contribution is 6.40. The molecule has 0 saturated heterocycles. The third kappa shape index (κ3) is 2.31. The first kappa shape index (κ1) is 10.7. The summed E-state index contributed by atoms with van der Waals surface area (Å²) in [5.74, 6) is 0. The minimum Gasteiger partial charge on any atom is -0.388 e. The van der Waals surface area contributed by atoms with Gasteiger partial charge in [0.15, 0.2) is 0 Å². The average molecular weight is 237 g/mol. The summed E-state index contributed by atoms with van der Waals surface area (Å²) in [4.78, 5) is 0. The largest absolute Gasteiger partial charge is 0.388 e. The fourth-order valence-electron chi connectivity index (χ4n) is 0.955.